The highest BCUT2D eigenvalue weighted by molar-refractivity contribution is 5.99. The highest BCUT2D eigenvalue weighted by Crippen LogP contribution is 2.23. The van der Waals surface area contributed by atoms with Crippen molar-refractivity contribution in [3.05, 3.63) is 83.9 Å². The van der Waals surface area contributed by atoms with Crippen molar-refractivity contribution in [1.29, 1.82) is 0 Å². The summed E-state index contributed by atoms with van der Waals surface area (Å²) in [4.78, 5) is 24.6. The number of ether oxygens (including phenoxy) is 3. The second-order valence-corrected chi connectivity index (χ2v) is 6.04. The second kappa shape index (κ2) is 8.86. The standard InChI is InChI=1S/C23H20O5/c1-26-20-12-19(13-21(14-20)27-2)23(25)28-15-22(24)18-10-8-17(9-11-18)16-6-4-3-5-7-16/h3-14H,15H2,1-2H3. The third-order valence-corrected chi connectivity index (χ3v) is 4.24. The van der Waals surface area contributed by atoms with E-state index in [0.717, 1.165) is 11.1 Å². The minimum absolute atomic E-state index is 0.253. The summed E-state index contributed by atoms with van der Waals surface area (Å²) in [5.74, 6) is 0.0394. The predicted octanol–water partition coefficient (Wildman–Crippen LogP) is 4.41. The van der Waals surface area contributed by atoms with Gasteiger partial charge in [0.1, 0.15) is 11.5 Å². The van der Waals surface area contributed by atoms with Crippen molar-refractivity contribution in [2.24, 2.45) is 0 Å². The molecule has 0 N–H and O–H groups in total. The monoisotopic (exact) mass is 376 g/mol. The lowest BCUT2D eigenvalue weighted by molar-refractivity contribution is 0.0474. The molecule has 0 bridgehead atoms. The Kier molecular flexibility index (Phi) is 6.07. The van der Waals surface area contributed by atoms with Crippen molar-refractivity contribution in [3.8, 4) is 22.6 Å². The van der Waals surface area contributed by atoms with Gasteiger partial charge in [-0.3, -0.25) is 4.79 Å². The average Bonchev–Trinajstić information content (AvgIpc) is 2.77. The first-order valence-electron chi connectivity index (χ1n) is 8.69. The lowest BCUT2D eigenvalue weighted by atomic mass is 10.0. The molecule has 3 rings (SSSR count). The molecule has 142 valence electrons. The molecule has 0 spiro atoms. The van der Waals surface area contributed by atoms with Gasteiger partial charge in [-0.05, 0) is 23.3 Å². The minimum atomic E-state index is -0.619. The third kappa shape index (κ3) is 4.57. The molecule has 0 aliphatic rings. The third-order valence-electron chi connectivity index (χ3n) is 4.24. The largest absolute Gasteiger partial charge is 0.497 e. The van der Waals surface area contributed by atoms with E-state index < -0.39 is 5.97 Å². The molecule has 3 aromatic rings. The Hall–Kier alpha value is -3.60. The van der Waals surface area contributed by atoms with Crippen molar-refractivity contribution in [2.75, 3.05) is 20.8 Å². The summed E-state index contributed by atoms with van der Waals surface area (Å²) >= 11 is 0. The zero-order valence-electron chi connectivity index (χ0n) is 15.7. The van der Waals surface area contributed by atoms with Gasteiger partial charge in [-0.1, -0.05) is 54.6 Å². The molecule has 0 amide bonds. The molecule has 28 heavy (non-hydrogen) atoms. The Balaban J connectivity index is 1.64. The Morgan fingerprint density at radius 3 is 1.86 bits per heavy atom. The molecule has 0 saturated heterocycles. The van der Waals surface area contributed by atoms with E-state index in [1.807, 2.05) is 42.5 Å². The molecule has 0 fully saturated rings. The summed E-state index contributed by atoms with van der Waals surface area (Å²) in [5.41, 5.74) is 2.82. The van der Waals surface area contributed by atoms with Crippen LogP contribution in [-0.4, -0.2) is 32.6 Å². The van der Waals surface area contributed by atoms with E-state index >= 15 is 0 Å². The number of esters is 1. The molecule has 0 aromatic heterocycles. The summed E-state index contributed by atoms with van der Waals surface area (Å²) < 4.78 is 15.4. The lowest BCUT2D eigenvalue weighted by Crippen LogP contribution is -2.14. The number of ketones is 1. The highest BCUT2D eigenvalue weighted by atomic mass is 16.5. The van der Waals surface area contributed by atoms with Crippen LogP contribution in [0.25, 0.3) is 11.1 Å². The van der Waals surface area contributed by atoms with Crippen LogP contribution < -0.4 is 9.47 Å². The molecule has 0 aliphatic carbocycles. The maximum absolute atomic E-state index is 12.3. The maximum Gasteiger partial charge on any atom is 0.338 e. The van der Waals surface area contributed by atoms with E-state index in [1.165, 1.54) is 26.4 Å². The van der Waals surface area contributed by atoms with Gasteiger partial charge in [-0.15, -0.1) is 0 Å². The molecular formula is C23H20O5. The number of carbonyl (C=O) groups excluding carboxylic acids is 2. The Morgan fingerprint density at radius 1 is 0.714 bits per heavy atom. The normalized spacial score (nSPS) is 10.2. The van der Waals surface area contributed by atoms with Gasteiger partial charge in [0.2, 0.25) is 0 Å². The first-order chi connectivity index (χ1) is 13.6. The fraction of sp³-hybridized carbons (Fsp3) is 0.130. The van der Waals surface area contributed by atoms with Gasteiger partial charge in [0.15, 0.2) is 12.4 Å². The van der Waals surface area contributed by atoms with Crippen molar-refractivity contribution in [2.45, 2.75) is 0 Å². The first kappa shape index (κ1) is 19.2. The van der Waals surface area contributed by atoms with Gasteiger partial charge >= 0.3 is 5.97 Å². The summed E-state index contributed by atoms with van der Waals surface area (Å²) in [5, 5.41) is 0. The zero-order chi connectivity index (χ0) is 19.9. The highest BCUT2D eigenvalue weighted by Gasteiger charge is 2.14. The average molecular weight is 376 g/mol. The zero-order valence-corrected chi connectivity index (χ0v) is 15.7. The SMILES string of the molecule is COc1cc(OC)cc(C(=O)OCC(=O)c2ccc(-c3ccccc3)cc2)c1. The van der Waals surface area contributed by atoms with E-state index in [-0.39, 0.29) is 18.0 Å². The number of hydrogen-bond donors (Lipinski definition) is 0. The van der Waals surface area contributed by atoms with Crippen LogP contribution in [0.15, 0.2) is 72.8 Å². The van der Waals surface area contributed by atoms with Crippen LogP contribution in [0, 0.1) is 0 Å². The predicted molar refractivity (Wildman–Crippen MR) is 106 cm³/mol. The summed E-state index contributed by atoms with van der Waals surface area (Å²) in [6, 6.07) is 21.8. The Morgan fingerprint density at radius 2 is 1.29 bits per heavy atom. The van der Waals surface area contributed by atoms with Gasteiger partial charge in [0.25, 0.3) is 0 Å². The van der Waals surface area contributed by atoms with Crippen LogP contribution in [0.3, 0.4) is 0 Å². The molecule has 5 nitrogen and oxygen atoms in total. The first-order valence-corrected chi connectivity index (χ1v) is 8.69. The van der Waals surface area contributed by atoms with Crippen LogP contribution in [-0.2, 0) is 4.74 Å². The molecule has 3 aromatic carbocycles. The topological polar surface area (TPSA) is 61.8 Å². The fourth-order valence-electron chi connectivity index (χ4n) is 2.70. The maximum atomic E-state index is 12.3. The molecule has 0 unspecified atom stereocenters. The van der Waals surface area contributed by atoms with Gasteiger partial charge in [-0.25, -0.2) is 4.79 Å². The van der Waals surface area contributed by atoms with E-state index in [1.54, 1.807) is 18.2 Å². The number of hydrogen-bond acceptors (Lipinski definition) is 5. The van der Waals surface area contributed by atoms with Crippen molar-refractivity contribution >= 4 is 11.8 Å². The number of rotatable bonds is 7. The van der Waals surface area contributed by atoms with E-state index in [4.69, 9.17) is 14.2 Å². The summed E-state index contributed by atoms with van der Waals surface area (Å²) in [6.07, 6.45) is 0. The quantitative estimate of drug-likeness (QED) is 0.451. The Bertz CT molecular complexity index is 940. The lowest BCUT2D eigenvalue weighted by Gasteiger charge is -2.09. The van der Waals surface area contributed by atoms with Gasteiger partial charge in [-0.2, -0.15) is 0 Å². The van der Waals surface area contributed by atoms with Crippen LogP contribution >= 0.6 is 0 Å². The fourth-order valence-corrected chi connectivity index (χ4v) is 2.70. The summed E-state index contributed by atoms with van der Waals surface area (Å²) in [6.45, 7) is -0.344. The summed E-state index contributed by atoms with van der Waals surface area (Å²) in [7, 11) is 2.99. The Labute approximate surface area is 163 Å². The van der Waals surface area contributed by atoms with E-state index in [2.05, 4.69) is 0 Å². The van der Waals surface area contributed by atoms with Gasteiger partial charge in [0, 0.05) is 11.6 Å². The van der Waals surface area contributed by atoms with Crippen LogP contribution in [0.1, 0.15) is 20.7 Å². The van der Waals surface area contributed by atoms with Crippen LogP contribution in [0.5, 0.6) is 11.5 Å². The number of carbonyl (C=O) groups is 2. The van der Waals surface area contributed by atoms with Crippen LogP contribution in [0.2, 0.25) is 0 Å². The van der Waals surface area contributed by atoms with E-state index in [9.17, 15) is 9.59 Å². The minimum Gasteiger partial charge on any atom is -0.497 e. The molecule has 5 heteroatoms. The number of benzene rings is 3. The van der Waals surface area contributed by atoms with Crippen LogP contribution in [0.4, 0.5) is 0 Å². The number of Topliss-reactive ketones (excluding diaryl/α,β-unsaturated/α-hetero) is 1. The van der Waals surface area contributed by atoms with Crippen molar-refractivity contribution < 1.29 is 23.8 Å². The molecule has 0 aliphatic heterocycles. The number of methoxy groups -OCH3 is 2. The van der Waals surface area contributed by atoms with Crippen molar-refractivity contribution in [1.82, 2.24) is 0 Å². The van der Waals surface area contributed by atoms with Crippen molar-refractivity contribution in [3.63, 3.8) is 0 Å². The molecule has 0 heterocycles. The molecule has 0 atom stereocenters. The van der Waals surface area contributed by atoms with Gasteiger partial charge in [0.05, 0.1) is 19.8 Å². The van der Waals surface area contributed by atoms with Gasteiger partial charge < -0.3 is 14.2 Å². The smallest absolute Gasteiger partial charge is 0.338 e. The van der Waals surface area contributed by atoms with E-state index in [0.29, 0.717) is 17.1 Å². The molecular weight excluding hydrogens is 356 g/mol. The molecule has 0 radical (unpaired) electrons. The second-order valence-electron chi connectivity index (χ2n) is 6.04. The molecule has 0 saturated carbocycles.